The molecule has 0 saturated carbocycles. The highest BCUT2D eigenvalue weighted by atomic mass is 19.2. The van der Waals surface area contributed by atoms with Crippen LogP contribution >= 0.6 is 0 Å². The number of halogens is 2. The Labute approximate surface area is 163 Å². The average molecular weight is 398 g/mol. The maximum absolute atomic E-state index is 14.9. The van der Waals surface area contributed by atoms with Crippen molar-refractivity contribution in [3.05, 3.63) is 59.6 Å². The van der Waals surface area contributed by atoms with Crippen LogP contribution in [0.15, 0.2) is 30.7 Å². The van der Waals surface area contributed by atoms with Crippen LogP contribution in [0.4, 0.5) is 8.78 Å². The van der Waals surface area contributed by atoms with E-state index < -0.39 is 17.5 Å². The highest BCUT2D eigenvalue weighted by Gasteiger charge is 2.22. The number of imidazole rings is 1. The summed E-state index contributed by atoms with van der Waals surface area (Å²) in [6, 6.07) is 2.90. The van der Waals surface area contributed by atoms with Crippen molar-refractivity contribution in [3.8, 4) is 22.4 Å². The Bertz CT molecular complexity index is 1210. The van der Waals surface area contributed by atoms with E-state index in [1.807, 2.05) is 0 Å². The Kier molecular flexibility index (Phi) is 4.41. The Morgan fingerprint density at radius 3 is 2.55 bits per heavy atom. The second kappa shape index (κ2) is 6.93. The summed E-state index contributed by atoms with van der Waals surface area (Å²) in [5, 5.41) is 14.5. The SMILES string of the molecule is Cc1nn(Cc2cn[nH]n2)cc1-c1ccc(-c2cnc(C(N)=O)n2C)c(F)c1F. The summed E-state index contributed by atoms with van der Waals surface area (Å²) < 4.78 is 32.7. The van der Waals surface area contributed by atoms with Gasteiger partial charge in [0.25, 0.3) is 5.91 Å². The number of nitrogens with two attached hydrogens (primary N) is 1. The van der Waals surface area contributed by atoms with Gasteiger partial charge in [-0.2, -0.15) is 20.5 Å². The molecule has 0 bridgehead atoms. The Morgan fingerprint density at radius 2 is 1.90 bits per heavy atom. The molecule has 4 rings (SSSR count). The molecular weight excluding hydrogens is 382 g/mol. The van der Waals surface area contributed by atoms with Gasteiger partial charge >= 0.3 is 0 Å². The number of carbonyl (C=O) groups excluding carboxylic acids is 1. The third-order valence-electron chi connectivity index (χ3n) is 4.59. The molecule has 0 aliphatic carbocycles. The lowest BCUT2D eigenvalue weighted by atomic mass is 10.0. The minimum Gasteiger partial charge on any atom is -0.363 e. The fraction of sp³-hybridized carbons (Fsp3) is 0.167. The molecule has 1 aromatic carbocycles. The normalized spacial score (nSPS) is 11.2. The number of nitrogens with zero attached hydrogens (tertiary/aromatic N) is 6. The molecule has 0 unspecified atom stereocenters. The van der Waals surface area contributed by atoms with Crippen LogP contribution in [0.25, 0.3) is 22.4 Å². The standard InChI is InChI=1S/C18H16F2N8O/c1-9-13(8-28(25-9)7-10-5-23-26-24-10)11-3-4-12(16(20)15(11)19)14-6-22-18(17(21)29)27(14)2/h3-6,8H,7H2,1-2H3,(H2,21,29)(H,23,24,26). The van der Waals surface area contributed by atoms with Crippen molar-refractivity contribution >= 4 is 5.91 Å². The van der Waals surface area contributed by atoms with Gasteiger partial charge in [-0.1, -0.05) is 6.07 Å². The van der Waals surface area contributed by atoms with E-state index in [4.69, 9.17) is 5.73 Å². The quantitative estimate of drug-likeness (QED) is 0.531. The van der Waals surface area contributed by atoms with E-state index in [2.05, 4.69) is 25.5 Å². The van der Waals surface area contributed by atoms with Gasteiger partial charge in [0.05, 0.1) is 30.3 Å². The molecule has 0 aliphatic heterocycles. The summed E-state index contributed by atoms with van der Waals surface area (Å²) in [6.45, 7) is 2.05. The number of aryl methyl sites for hydroxylation is 1. The monoisotopic (exact) mass is 398 g/mol. The Morgan fingerprint density at radius 1 is 1.17 bits per heavy atom. The van der Waals surface area contributed by atoms with Crippen molar-refractivity contribution in [3.63, 3.8) is 0 Å². The number of hydrogen-bond acceptors (Lipinski definition) is 5. The van der Waals surface area contributed by atoms with E-state index in [9.17, 15) is 13.6 Å². The van der Waals surface area contributed by atoms with Gasteiger partial charge in [-0.3, -0.25) is 9.48 Å². The van der Waals surface area contributed by atoms with E-state index in [1.54, 1.807) is 24.0 Å². The number of aromatic nitrogens is 7. The average Bonchev–Trinajstić information content (AvgIpc) is 3.39. The number of amides is 1. The molecule has 11 heteroatoms. The third kappa shape index (κ3) is 3.16. The van der Waals surface area contributed by atoms with Crippen molar-refractivity contribution < 1.29 is 13.6 Å². The summed E-state index contributed by atoms with van der Waals surface area (Å²) in [7, 11) is 1.51. The van der Waals surface area contributed by atoms with Gasteiger partial charge in [0.2, 0.25) is 0 Å². The molecule has 4 aromatic rings. The first-order valence-electron chi connectivity index (χ1n) is 8.55. The van der Waals surface area contributed by atoms with Crippen LogP contribution in [0.1, 0.15) is 22.0 Å². The summed E-state index contributed by atoms with van der Waals surface area (Å²) in [4.78, 5) is 15.2. The number of nitrogens with one attached hydrogen (secondary N) is 1. The summed E-state index contributed by atoms with van der Waals surface area (Å²) in [5.41, 5.74) is 7.17. The molecule has 3 heterocycles. The lowest BCUT2D eigenvalue weighted by molar-refractivity contribution is 0.0987. The molecule has 0 fully saturated rings. The van der Waals surface area contributed by atoms with Gasteiger partial charge in [-0.05, 0) is 13.0 Å². The first-order chi connectivity index (χ1) is 13.9. The molecule has 0 atom stereocenters. The fourth-order valence-electron chi connectivity index (χ4n) is 3.17. The number of rotatable bonds is 5. The zero-order valence-corrected chi connectivity index (χ0v) is 15.5. The molecular formula is C18H16F2N8O. The smallest absolute Gasteiger partial charge is 0.284 e. The summed E-state index contributed by atoms with van der Waals surface area (Å²) in [5.74, 6) is -2.88. The topological polar surface area (TPSA) is 120 Å². The highest BCUT2D eigenvalue weighted by Crippen LogP contribution is 2.32. The second-order valence-corrected chi connectivity index (χ2v) is 6.47. The molecule has 3 N–H and O–H groups in total. The molecule has 9 nitrogen and oxygen atoms in total. The first kappa shape index (κ1) is 18.5. The van der Waals surface area contributed by atoms with Gasteiger partial charge in [-0.25, -0.2) is 13.8 Å². The van der Waals surface area contributed by atoms with E-state index in [-0.39, 0.29) is 22.6 Å². The molecule has 0 radical (unpaired) electrons. The van der Waals surface area contributed by atoms with Crippen LogP contribution in [-0.4, -0.2) is 40.6 Å². The number of aromatic amines is 1. The van der Waals surface area contributed by atoms with Crippen LogP contribution in [-0.2, 0) is 13.6 Å². The van der Waals surface area contributed by atoms with Gasteiger partial charge in [0, 0.05) is 29.9 Å². The predicted octanol–water partition coefficient (Wildman–Crippen LogP) is 1.80. The predicted molar refractivity (Wildman–Crippen MR) is 98.5 cm³/mol. The van der Waals surface area contributed by atoms with Crippen molar-refractivity contribution in [2.75, 3.05) is 0 Å². The maximum Gasteiger partial charge on any atom is 0.284 e. The number of primary amides is 1. The number of benzene rings is 1. The highest BCUT2D eigenvalue weighted by molar-refractivity contribution is 5.90. The summed E-state index contributed by atoms with van der Waals surface area (Å²) in [6.07, 6.45) is 4.45. The van der Waals surface area contributed by atoms with E-state index in [0.29, 0.717) is 23.5 Å². The first-order valence-corrected chi connectivity index (χ1v) is 8.55. The van der Waals surface area contributed by atoms with Gasteiger partial charge in [0.1, 0.15) is 5.69 Å². The van der Waals surface area contributed by atoms with Crippen LogP contribution < -0.4 is 5.73 Å². The minimum atomic E-state index is -1.05. The molecule has 0 saturated heterocycles. The zero-order valence-electron chi connectivity index (χ0n) is 15.5. The van der Waals surface area contributed by atoms with Crippen molar-refractivity contribution in [1.82, 2.24) is 34.7 Å². The summed E-state index contributed by atoms with van der Waals surface area (Å²) >= 11 is 0. The molecule has 3 aromatic heterocycles. The van der Waals surface area contributed by atoms with Crippen molar-refractivity contribution in [2.24, 2.45) is 12.8 Å². The van der Waals surface area contributed by atoms with E-state index in [1.165, 1.54) is 29.9 Å². The van der Waals surface area contributed by atoms with Gasteiger partial charge in [-0.15, -0.1) is 0 Å². The van der Waals surface area contributed by atoms with Crippen LogP contribution in [0.3, 0.4) is 0 Å². The second-order valence-electron chi connectivity index (χ2n) is 6.47. The molecule has 29 heavy (non-hydrogen) atoms. The third-order valence-corrected chi connectivity index (χ3v) is 4.59. The number of H-pyrrole nitrogens is 1. The van der Waals surface area contributed by atoms with Gasteiger partial charge < -0.3 is 10.3 Å². The number of carbonyl (C=O) groups is 1. The van der Waals surface area contributed by atoms with Crippen LogP contribution in [0.5, 0.6) is 0 Å². The zero-order chi connectivity index (χ0) is 20.7. The molecule has 148 valence electrons. The van der Waals surface area contributed by atoms with Gasteiger partial charge in [0.15, 0.2) is 17.5 Å². The largest absolute Gasteiger partial charge is 0.363 e. The van der Waals surface area contributed by atoms with Crippen LogP contribution in [0, 0.1) is 18.6 Å². The Balaban J connectivity index is 1.73. The van der Waals surface area contributed by atoms with Crippen molar-refractivity contribution in [1.29, 1.82) is 0 Å². The van der Waals surface area contributed by atoms with E-state index in [0.717, 1.165) is 0 Å². The van der Waals surface area contributed by atoms with Crippen molar-refractivity contribution in [2.45, 2.75) is 13.5 Å². The molecule has 0 aliphatic rings. The fourth-order valence-corrected chi connectivity index (χ4v) is 3.17. The Hall–Kier alpha value is -3.89. The lowest BCUT2D eigenvalue weighted by Gasteiger charge is -2.09. The lowest BCUT2D eigenvalue weighted by Crippen LogP contribution is -2.17. The molecule has 0 spiro atoms. The number of hydrogen-bond donors (Lipinski definition) is 2. The minimum absolute atomic E-state index is 0.0265. The van der Waals surface area contributed by atoms with E-state index >= 15 is 0 Å². The molecule has 1 amide bonds. The maximum atomic E-state index is 14.9. The van der Waals surface area contributed by atoms with Crippen LogP contribution in [0.2, 0.25) is 0 Å².